The molecule has 2 nitrogen and oxygen atoms in total. The molecule has 1 aliphatic rings. The molecule has 1 saturated carbocycles. The Morgan fingerprint density at radius 2 is 2.00 bits per heavy atom. The van der Waals surface area contributed by atoms with Crippen molar-refractivity contribution in [2.45, 2.75) is 51.6 Å². The van der Waals surface area contributed by atoms with Gasteiger partial charge in [0.1, 0.15) is 0 Å². The van der Waals surface area contributed by atoms with Gasteiger partial charge in [-0.3, -0.25) is 0 Å². The molecule has 2 rings (SSSR count). The van der Waals surface area contributed by atoms with Crippen LogP contribution in [0.3, 0.4) is 0 Å². The van der Waals surface area contributed by atoms with Gasteiger partial charge in [0.05, 0.1) is 0 Å². The van der Waals surface area contributed by atoms with Crippen molar-refractivity contribution < 1.29 is 0 Å². The first kappa shape index (κ1) is 14.7. The normalized spacial score (nSPS) is 16.6. The van der Waals surface area contributed by atoms with Gasteiger partial charge in [-0.25, -0.2) is 0 Å². The number of hydrogen-bond acceptors (Lipinski definition) is 2. The average molecular weight is 281 g/mol. The maximum absolute atomic E-state index is 6.14. The van der Waals surface area contributed by atoms with Crippen LogP contribution in [-0.4, -0.2) is 19.6 Å². The molecule has 1 N–H and O–H groups in total. The van der Waals surface area contributed by atoms with Crippen LogP contribution in [0.2, 0.25) is 5.02 Å². The number of nitrogens with one attached hydrogen (secondary N) is 1. The highest BCUT2D eigenvalue weighted by Gasteiger charge is 2.21. The van der Waals surface area contributed by atoms with Gasteiger partial charge in [-0.2, -0.15) is 0 Å². The summed E-state index contributed by atoms with van der Waals surface area (Å²) in [5.41, 5.74) is 2.66. The van der Waals surface area contributed by atoms with Gasteiger partial charge in [-0.15, -0.1) is 0 Å². The van der Waals surface area contributed by atoms with Crippen molar-refractivity contribution in [3.8, 4) is 0 Å². The maximum Gasteiger partial charge on any atom is 0.0415 e. The standard InChI is InChI=1S/C16H25ClN2/c1-3-19(15-7-5-4-6-8-15)16-10-9-14(17)11-13(16)12-18-2/h9-11,15,18H,3-8,12H2,1-2H3. The third kappa shape index (κ3) is 3.64. The zero-order valence-corrected chi connectivity index (χ0v) is 12.8. The summed E-state index contributed by atoms with van der Waals surface area (Å²) in [7, 11) is 1.99. The smallest absolute Gasteiger partial charge is 0.0415 e. The van der Waals surface area contributed by atoms with Crippen molar-refractivity contribution in [3.63, 3.8) is 0 Å². The molecule has 0 unspecified atom stereocenters. The zero-order valence-electron chi connectivity index (χ0n) is 12.1. The second kappa shape index (κ2) is 7.16. The molecule has 0 bridgehead atoms. The van der Waals surface area contributed by atoms with Crippen LogP contribution in [0.15, 0.2) is 18.2 Å². The average Bonchev–Trinajstić information content (AvgIpc) is 2.43. The van der Waals surface area contributed by atoms with Gasteiger partial charge >= 0.3 is 0 Å². The second-order valence-electron chi connectivity index (χ2n) is 5.38. The number of hydrogen-bond donors (Lipinski definition) is 1. The van der Waals surface area contributed by atoms with Crippen LogP contribution in [0.1, 0.15) is 44.6 Å². The first-order valence-electron chi connectivity index (χ1n) is 7.46. The molecule has 0 saturated heterocycles. The number of benzene rings is 1. The fraction of sp³-hybridized carbons (Fsp3) is 0.625. The molecule has 1 fully saturated rings. The van der Waals surface area contributed by atoms with Gasteiger partial charge in [0.25, 0.3) is 0 Å². The predicted octanol–water partition coefficient (Wildman–Crippen LogP) is 4.22. The second-order valence-corrected chi connectivity index (χ2v) is 5.82. The summed E-state index contributed by atoms with van der Waals surface area (Å²) in [6, 6.07) is 7.00. The van der Waals surface area contributed by atoms with Gasteiger partial charge in [0, 0.05) is 29.8 Å². The highest BCUT2D eigenvalue weighted by atomic mass is 35.5. The van der Waals surface area contributed by atoms with E-state index in [0.29, 0.717) is 6.04 Å². The molecule has 19 heavy (non-hydrogen) atoms. The van der Waals surface area contributed by atoms with Crippen molar-refractivity contribution in [1.29, 1.82) is 0 Å². The van der Waals surface area contributed by atoms with E-state index in [0.717, 1.165) is 18.1 Å². The minimum absolute atomic E-state index is 0.704. The summed E-state index contributed by atoms with van der Waals surface area (Å²) in [4.78, 5) is 2.57. The van der Waals surface area contributed by atoms with Gasteiger partial charge in [0.15, 0.2) is 0 Å². The fourth-order valence-electron chi connectivity index (χ4n) is 3.18. The van der Waals surface area contributed by atoms with E-state index in [1.807, 2.05) is 13.1 Å². The summed E-state index contributed by atoms with van der Waals surface area (Å²) >= 11 is 6.14. The lowest BCUT2D eigenvalue weighted by molar-refractivity contribution is 0.417. The van der Waals surface area contributed by atoms with Gasteiger partial charge in [-0.05, 0) is 50.6 Å². The van der Waals surface area contributed by atoms with E-state index in [-0.39, 0.29) is 0 Å². The van der Waals surface area contributed by atoms with E-state index < -0.39 is 0 Å². The number of anilines is 1. The number of nitrogens with zero attached hydrogens (tertiary/aromatic N) is 1. The van der Waals surface area contributed by atoms with Crippen molar-refractivity contribution in [2.75, 3.05) is 18.5 Å². The highest BCUT2D eigenvalue weighted by molar-refractivity contribution is 6.30. The molecule has 0 spiro atoms. The third-order valence-corrected chi connectivity index (χ3v) is 4.31. The molecule has 0 heterocycles. The van der Waals surface area contributed by atoms with Crippen LogP contribution in [-0.2, 0) is 6.54 Å². The van der Waals surface area contributed by atoms with E-state index in [2.05, 4.69) is 29.3 Å². The predicted molar refractivity (Wildman–Crippen MR) is 84.1 cm³/mol. The lowest BCUT2D eigenvalue weighted by Gasteiger charge is -2.36. The minimum Gasteiger partial charge on any atom is -0.369 e. The van der Waals surface area contributed by atoms with Crippen LogP contribution in [0.4, 0.5) is 5.69 Å². The van der Waals surface area contributed by atoms with Crippen molar-refractivity contribution in [1.82, 2.24) is 5.32 Å². The van der Waals surface area contributed by atoms with E-state index in [1.54, 1.807) is 0 Å². The Morgan fingerprint density at radius 3 is 2.63 bits per heavy atom. The summed E-state index contributed by atoms with van der Waals surface area (Å²) < 4.78 is 0. The summed E-state index contributed by atoms with van der Waals surface area (Å²) in [6.07, 6.45) is 6.80. The Kier molecular flexibility index (Phi) is 5.53. The quantitative estimate of drug-likeness (QED) is 0.869. The number of halogens is 1. The zero-order chi connectivity index (χ0) is 13.7. The van der Waals surface area contributed by atoms with Crippen molar-refractivity contribution in [2.24, 2.45) is 0 Å². The Labute approximate surface area is 122 Å². The van der Waals surface area contributed by atoms with Crippen LogP contribution < -0.4 is 10.2 Å². The molecular formula is C16H25ClN2. The fourth-order valence-corrected chi connectivity index (χ4v) is 3.38. The van der Waals surface area contributed by atoms with E-state index in [4.69, 9.17) is 11.6 Å². The van der Waals surface area contributed by atoms with Crippen LogP contribution >= 0.6 is 11.6 Å². The van der Waals surface area contributed by atoms with Crippen LogP contribution in [0, 0.1) is 0 Å². The van der Waals surface area contributed by atoms with Gasteiger partial charge in [0.2, 0.25) is 0 Å². The molecule has 0 aromatic heterocycles. The molecule has 0 amide bonds. The molecule has 0 aliphatic heterocycles. The third-order valence-electron chi connectivity index (χ3n) is 4.07. The topological polar surface area (TPSA) is 15.3 Å². The molecular weight excluding hydrogens is 256 g/mol. The Hall–Kier alpha value is -0.730. The Morgan fingerprint density at radius 1 is 1.26 bits per heavy atom. The monoisotopic (exact) mass is 280 g/mol. The van der Waals surface area contributed by atoms with Crippen LogP contribution in [0.5, 0.6) is 0 Å². The molecule has 1 aromatic carbocycles. The molecule has 0 radical (unpaired) electrons. The SMILES string of the molecule is CCN(c1ccc(Cl)cc1CNC)C1CCCCC1. The molecule has 0 atom stereocenters. The highest BCUT2D eigenvalue weighted by Crippen LogP contribution is 2.31. The van der Waals surface area contributed by atoms with Gasteiger partial charge in [-0.1, -0.05) is 30.9 Å². The minimum atomic E-state index is 0.704. The van der Waals surface area contributed by atoms with Crippen molar-refractivity contribution in [3.05, 3.63) is 28.8 Å². The van der Waals surface area contributed by atoms with Crippen LogP contribution in [0.25, 0.3) is 0 Å². The maximum atomic E-state index is 6.14. The molecule has 106 valence electrons. The van der Waals surface area contributed by atoms with Gasteiger partial charge < -0.3 is 10.2 Å². The first-order valence-corrected chi connectivity index (χ1v) is 7.83. The summed E-state index contributed by atoms with van der Waals surface area (Å²) in [6.45, 7) is 4.20. The lowest BCUT2D eigenvalue weighted by Crippen LogP contribution is -2.37. The summed E-state index contributed by atoms with van der Waals surface area (Å²) in [5.74, 6) is 0. The molecule has 1 aromatic rings. The van der Waals surface area contributed by atoms with Crippen molar-refractivity contribution >= 4 is 17.3 Å². The van der Waals surface area contributed by atoms with E-state index in [1.165, 1.54) is 43.4 Å². The first-order chi connectivity index (χ1) is 9.26. The largest absolute Gasteiger partial charge is 0.369 e. The molecule has 3 heteroatoms. The molecule has 1 aliphatic carbocycles. The lowest BCUT2D eigenvalue weighted by atomic mass is 9.93. The van der Waals surface area contributed by atoms with E-state index in [9.17, 15) is 0 Å². The van der Waals surface area contributed by atoms with E-state index >= 15 is 0 Å². The Bertz CT molecular complexity index is 400. The summed E-state index contributed by atoms with van der Waals surface area (Å²) in [5, 5.41) is 4.08. The Balaban J connectivity index is 2.25. The number of rotatable bonds is 5.